The van der Waals surface area contributed by atoms with Gasteiger partial charge in [0.05, 0.1) is 7.11 Å². The van der Waals surface area contributed by atoms with Crippen molar-refractivity contribution in [3.63, 3.8) is 0 Å². The van der Waals surface area contributed by atoms with Crippen LogP contribution in [0.2, 0.25) is 0 Å². The second kappa shape index (κ2) is 14.7. The number of benzene rings is 1. The van der Waals surface area contributed by atoms with Gasteiger partial charge in [-0.25, -0.2) is 0 Å². The van der Waals surface area contributed by atoms with Crippen molar-refractivity contribution in [1.29, 1.82) is 5.41 Å². The highest BCUT2D eigenvalue weighted by Gasteiger charge is 2.06. The number of hydrogen-bond acceptors (Lipinski definition) is 6. The van der Waals surface area contributed by atoms with E-state index in [-0.39, 0.29) is 5.84 Å². The number of aromatic nitrogens is 2. The fourth-order valence-electron chi connectivity index (χ4n) is 2.53. The summed E-state index contributed by atoms with van der Waals surface area (Å²) in [7, 11) is 3.17. The molecule has 0 amide bonds. The van der Waals surface area contributed by atoms with Crippen LogP contribution < -0.4 is 16.2 Å². The van der Waals surface area contributed by atoms with E-state index in [1.54, 1.807) is 14.0 Å². The average molecular weight is 378 g/mol. The van der Waals surface area contributed by atoms with Crippen LogP contribution in [-0.2, 0) is 12.8 Å². The number of rotatable bonds is 9. The lowest BCUT2D eigenvalue weighted by molar-refractivity contribution is 0.408. The highest BCUT2D eigenvalue weighted by molar-refractivity contribution is 5.95. The van der Waals surface area contributed by atoms with E-state index >= 15 is 0 Å². The number of amidine groups is 1. The summed E-state index contributed by atoms with van der Waals surface area (Å²) in [6.07, 6.45) is 6.12. The summed E-state index contributed by atoms with van der Waals surface area (Å²) < 4.78 is 10.7. The van der Waals surface area contributed by atoms with E-state index in [9.17, 15) is 0 Å². The molecule has 0 saturated heterocycles. The van der Waals surface area contributed by atoms with Crippen LogP contribution in [0.5, 0.6) is 5.75 Å². The van der Waals surface area contributed by atoms with Gasteiger partial charge < -0.3 is 20.6 Å². The first kappa shape index (κ1) is 24.6. The van der Waals surface area contributed by atoms with E-state index in [0.717, 1.165) is 61.3 Å². The molecule has 27 heavy (non-hydrogen) atoms. The predicted octanol–water partition coefficient (Wildman–Crippen LogP) is 3.62. The van der Waals surface area contributed by atoms with Crippen molar-refractivity contribution in [3.05, 3.63) is 41.1 Å². The molecule has 7 heteroatoms. The smallest absolute Gasteiger partial charge is 0.216 e. The number of hydrogen-bond donors (Lipinski definition) is 3. The zero-order valence-electron chi connectivity index (χ0n) is 17.3. The second-order valence-electron chi connectivity index (χ2n) is 5.57. The number of nitrogen functional groups attached to an aromatic ring is 1. The molecular formula is C20H35N5O2. The Hall–Kier alpha value is -2.41. The lowest BCUT2D eigenvalue weighted by Crippen LogP contribution is -2.11. The first-order valence-corrected chi connectivity index (χ1v) is 9.48. The number of ether oxygens (including phenoxy) is 1. The molecule has 0 aliphatic heterocycles. The van der Waals surface area contributed by atoms with Crippen LogP contribution in [0.15, 0.2) is 22.6 Å². The fourth-order valence-corrected chi connectivity index (χ4v) is 2.53. The van der Waals surface area contributed by atoms with Gasteiger partial charge in [-0.15, -0.1) is 10.2 Å². The summed E-state index contributed by atoms with van der Waals surface area (Å²) in [4.78, 5) is 0. The van der Waals surface area contributed by atoms with Gasteiger partial charge in [-0.3, -0.25) is 5.41 Å². The van der Waals surface area contributed by atoms with Crippen LogP contribution in [0, 0.1) is 12.3 Å². The molecule has 0 aliphatic rings. The van der Waals surface area contributed by atoms with Crippen LogP contribution in [0.25, 0.3) is 0 Å². The molecule has 0 unspecified atom stereocenters. The van der Waals surface area contributed by atoms with Gasteiger partial charge in [0.25, 0.3) is 0 Å². The molecule has 0 atom stereocenters. The summed E-state index contributed by atoms with van der Waals surface area (Å²) in [5.74, 6) is 2.29. The van der Waals surface area contributed by atoms with Crippen molar-refractivity contribution >= 4 is 5.84 Å². The van der Waals surface area contributed by atoms with Gasteiger partial charge in [0.15, 0.2) is 0 Å². The number of unbranched alkanes of at least 4 members (excludes halogenated alkanes) is 3. The van der Waals surface area contributed by atoms with Crippen molar-refractivity contribution in [2.45, 2.75) is 59.3 Å². The van der Waals surface area contributed by atoms with Gasteiger partial charge >= 0.3 is 0 Å². The molecule has 7 nitrogen and oxygen atoms in total. The average Bonchev–Trinajstić information content (AvgIpc) is 3.12. The van der Waals surface area contributed by atoms with Gasteiger partial charge in [0.1, 0.15) is 11.6 Å². The summed E-state index contributed by atoms with van der Waals surface area (Å²) >= 11 is 0. The van der Waals surface area contributed by atoms with E-state index in [2.05, 4.69) is 15.9 Å². The molecule has 152 valence electrons. The van der Waals surface area contributed by atoms with Crippen LogP contribution in [0.1, 0.15) is 62.4 Å². The standard InChI is InChI=1S/C17H24N4O2.C2H6.CH5N/c1-12-20-21-16(23-12)8-6-4-3-5-7-13-11-14(17(18)19)9-10-15(13)22-2;2*1-2/h9-11H,3-8H2,1-2H3,(H3,18,19);1-2H3;2H2,1H3. The summed E-state index contributed by atoms with van der Waals surface area (Å²) in [5.41, 5.74) is 11.9. The quantitative estimate of drug-likeness (QED) is 0.348. The van der Waals surface area contributed by atoms with Crippen LogP contribution in [0.3, 0.4) is 0 Å². The van der Waals surface area contributed by atoms with Crippen LogP contribution in [-0.4, -0.2) is 30.2 Å². The Bertz CT molecular complexity index is 656. The normalized spacial score (nSPS) is 9.56. The van der Waals surface area contributed by atoms with Crippen molar-refractivity contribution in [2.24, 2.45) is 11.5 Å². The van der Waals surface area contributed by atoms with Crippen LogP contribution in [0.4, 0.5) is 0 Å². The first-order valence-electron chi connectivity index (χ1n) is 9.48. The Morgan fingerprint density at radius 1 is 1.07 bits per heavy atom. The number of nitrogens with one attached hydrogen (secondary N) is 1. The Kier molecular flexibility index (Phi) is 13.4. The molecule has 0 aliphatic carbocycles. The predicted molar refractivity (Wildman–Crippen MR) is 110 cm³/mol. The minimum atomic E-state index is 0.0868. The lowest BCUT2D eigenvalue weighted by atomic mass is 10.0. The number of methoxy groups -OCH3 is 1. The molecule has 1 aromatic carbocycles. The molecule has 1 aromatic heterocycles. The number of aryl methyl sites for hydroxylation is 3. The van der Waals surface area contributed by atoms with Crippen molar-refractivity contribution in [3.8, 4) is 5.75 Å². The molecule has 0 radical (unpaired) electrons. The third-order valence-corrected chi connectivity index (χ3v) is 3.75. The van der Waals surface area contributed by atoms with Crippen molar-refractivity contribution < 1.29 is 9.15 Å². The fraction of sp³-hybridized carbons (Fsp3) is 0.550. The van der Waals surface area contributed by atoms with E-state index in [4.69, 9.17) is 20.3 Å². The zero-order valence-corrected chi connectivity index (χ0v) is 17.3. The first-order chi connectivity index (χ1) is 13.1. The van der Waals surface area contributed by atoms with E-state index in [1.807, 2.05) is 32.0 Å². The van der Waals surface area contributed by atoms with Gasteiger partial charge in [0.2, 0.25) is 11.8 Å². The molecule has 1 heterocycles. The van der Waals surface area contributed by atoms with E-state index in [1.165, 1.54) is 7.05 Å². The van der Waals surface area contributed by atoms with Crippen LogP contribution >= 0.6 is 0 Å². The maximum absolute atomic E-state index is 7.53. The third kappa shape index (κ3) is 9.19. The van der Waals surface area contributed by atoms with Crippen molar-refractivity contribution in [2.75, 3.05) is 14.2 Å². The minimum absolute atomic E-state index is 0.0868. The van der Waals surface area contributed by atoms with Gasteiger partial charge in [-0.2, -0.15) is 0 Å². The highest BCUT2D eigenvalue weighted by atomic mass is 16.5. The molecule has 0 fully saturated rings. The zero-order chi connectivity index (χ0) is 20.7. The van der Waals surface area contributed by atoms with Gasteiger partial charge in [-0.05, 0) is 50.1 Å². The third-order valence-electron chi connectivity index (χ3n) is 3.75. The molecule has 0 bridgehead atoms. The van der Waals surface area contributed by atoms with Gasteiger partial charge in [0, 0.05) is 18.9 Å². The summed E-state index contributed by atoms with van der Waals surface area (Å²) in [6, 6.07) is 5.64. The Labute approximate surface area is 163 Å². The topological polar surface area (TPSA) is 124 Å². The largest absolute Gasteiger partial charge is 0.496 e. The van der Waals surface area contributed by atoms with Crippen molar-refractivity contribution in [1.82, 2.24) is 10.2 Å². The molecular weight excluding hydrogens is 342 g/mol. The molecule has 2 aromatic rings. The Balaban J connectivity index is 0.00000158. The minimum Gasteiger partial charge on any atom is -0.496 e. The molecule has 5 N–H and O–H groups in total. The SMILES string of the molecule is CC.CN.COc1ccc(C(=N)N)cc1CCCCCCc1nnc(C)o1. The maximum Gasteiger partial charge on any atom is 0.216 e. The lowest BCUT2D eigenvalue weighted by Gasteiger charge is -2.10. The monoisotopic (exact) mass is 377 g/mol. The molecule has 2 rings (SSSR count). The van der Waals surface area contributed by atoms with E-state index in [0.29, 0.717) is 5.89 Å². The molecule has 0 spiro atoms. The second-order valence-corrected chi connectivity index (χ2v) is 5.57. The highest BCUT2D eigenvalue weighted by Crippen LogP contribution is 2.22. The Morgan fingerprint density at radius 2 is 1.70 bits per heavy atom. The number of nitrogens with zero attached hydrogens (tertiary/aromatic N) is 2. The summed E-state index contributed by atoms with van der Waals surface area (Å²) in [5, 5.41) is 15.3. The maximum atomic E-state index is 7.53. The number of nitrogens with two attached hydrogens (primary N) is 2. The van der Waals surface area contributed by atoms with Gasteiger partial charge in [-0.1, -0.05) is 26.7 Å². The molecule has 0 saturated carbocycles. The summed E-state index contributed by atoms with van der Waals surface area (Å²) in [6.45, 7) is 5.80. The van der Waals surface area contributed by atoms with E-state index < -0.39 is 0 Å². The Morgan fingerprint density at radius 3 is 2.22 bits per heavy atom.